The quantitative estimate of drug-likeness (QED) is 0.191. The van der Waals surface area contributed by atoms with Gasteiger partial charge in [0.05, 0.1) is 27.1 Å². The zero-order valence-corrected chi connectivity index (χ0v) is 25.0. The Morgan fingerprint density at radius 2 is 1.07 bits per heavy atom. The second-order valence-corrected chi connectivity index (χ2v) is 12.2. The Hall–Kier alpha value is -5.71. The SMILES string of the molecule is c1ccc(-c2nc(-c3cccc(-c4cccc5c(-c6ccccc6)nc6ccccc6c45)c3)c3sc4ccccc4c3n2)cc1. The first-order chi connectivity index (χ1) is 22.3. The van der Waals surface area contributed by atoms with Gasteiger partial charge >= 0.3 is 0 Å². The fourth-order valence-electron chi connectivity index (χ4n) is 6.40. The summed E-state index contributed by atoms with van der Waals surface area (Å²) >= 11 is 1.76. The average Bonchev–Trinajstić information content (AvgIpc) is 3.50. The lowest BCUT2D eigenvalue weighted by atomic mass is 9.92. The normalized spacial score (nSPS) is 11.6. The van der Waals surface area contributed by atoms with Crippen LogP contribution in [-0.4, -0.2) is 15.0 Å². The Morgan fingerprint density at radius 3 is 1.91 bits per heavy atom. The average molecular weight is 592 g/mol. The van der Waals surface area contributed by atoms with Crippen LogP contribution in [0.2, 0.25) is 0 Å². The standard InChI is InChI=1S/C41H25N3S/c1-3-13-26(14-4-1)37-33-22-12-21-30(36(33)31-19-7-9-23-34(31)42-37)28-17-11-18-29(25-28)38-40-39(32-20-8-10-24-35(32)45-40)44-41(43-38)27-15-5-2-6-16-27/h1-25H. The first-order valence-electron chi connectivity index (χ1n) is 15.0. The molecule has 9 rings (SSSR count). The van der Waals surface area contributed by atoms with Crippen LogP contribution < -0.4 is 0 Å². The molecule has 210 valence electrons. The molecule has 0 saturated carbocycles. The lowest BCUT2D eigenvalue weighted by Gasteiger charge is -2.15. The van der Waals surface area contributed by atoms with Crippen LogP contribution >= 0.6 is 11.3 Å². The number of rotatable bonds is 4. The number of thiophene rings is 1. The molecule has 3 aromatic heterocycles. The molecule has 0 unspecified atom stereocenters. The number of para-hydroxylation sites is 1. The summed E-state index contributed by atoms with van der Waals surface area (Å²) in [6.07, 6.45) is 0. The summed E-state index contributed by atoms with van der Waals surface area (Å²) in [5.41, 5.74) is 9.45. The van der Waals surface area contributed by atoms with Gasteiger partial charge in [0, 0.05) is 42.9 Å². The minimum absolute atomic E-state index is 0.738. The van der Waals surface area contributed by atoms with Crippen molar-refractivity contribution in [1.29, 1.82) is 0 Å². The predicted molar refractivity (Wildman–Crippen MR) is 189 cm³/mol. The minimum Gasteiger partial charge on any atom is -0.247 e. The fourth-order valence-corrected chi connectivity index (χ4v) is 7.55. The highest BCUT2D eigenvalue weighted by molar-refractivity contribution is 7.26. The summed E-state index contributed by atoms with van der Waals surface area (Å²) in [4.78, 5) is 15.5. The van der Waals surface area contributed by atoms with Crippen LogP contribution in [0.15, 0.2) is 152 Å². The molecule has 0 fully saturated rings. The number of nitrogens with zero attached hydrogens (tertiary/aromatic N) is 3. The van der Waals surface area contributed by atoms with Crippen LogP contribution in [-0.2, 0) is 0 Å². The third kappa shape index (κ3) is 4.30. The smallest absolute Gasteiger partial charge is 0.160 e. The van der Waals surface area contributed by atoms with Gasteiger partial charge in [0.25, 0.3) is 0 Å². The van der Waals surface area contributed by atoms with Gasteiger partial charge in [-0.2, -0.15) is 0 Å². The molecule has 0 atom stereocenters. The summed E-state index contributed by atoms with van der Waals surface area (Å²) in [6, 6.07) is 53.1. The molecule has 0 aliphatic rings. The van der Waals surface area contributed by atoms with E-state index in [1.165, 1.54) is 15.6 Å². The first kappa shape index (κ1) is 25.8. The second kappa shape index (κ2) is 10.5. The summed E-state index contributed by atoms with van der Waals surface area (Å²) in [5, 5.41) is 4.66. The van der Waals surface area contributed by atoms with Gasteiger partial charge in [0.15, 0.2) is 5.82 Å². The van der Waals surface area contributed by atoms with E-state index in [0.29, 0.717) is 0 Å². The van der Waals surface area contributed by atoms with Crippen molar-refractivity contribution < 1.29 is 0 Å². The van der Waals surface area contributed by atoms with Crippen molar-refractivity contribution in [2.75, 3.05) is 0 Å². The minimum atomic E-state index is 0.738. The van der Waals surface area contributed by atoms with Crippen LogP contribution in [0.5, 0.6) is 0 Å². The van der Waals surface area contributed by atoms with Crippen molar-refractivity contribution >= 4 is 53.3 Å². The van der Waals surface area contributed by atoms with Crippen molar-refractivity contribution in [3.63, 3.8) is 0 Å². The Labute approximate surface area is 264 Å². The third-order valence-electron chi connectivity index (χ3n) is 8.47. The van der Waals surface area contributed by atoms with Crippen LogP contribution in [0, 0.1) is 0 Å². The maximum absolute atomic E-state index is 5.23. The molecule has 0 aliphatic carbocycles. The monoisotopic (exact) mass is 591 g/mol. The molecule has 9 aromatic rings. The number of benzene rings is 6. The molecule has 0 N–H and O–H groups in total. The molecule has 6 aromatic carbocycles. The number of pyridine rings is 1. The van der Waals surface area contributed by atoms with Gasteiger partial charge in [-0.05, 0) is 29.3 Å². The van der Waals surface area contributed by atoms with Crippen molar-refractivity contribution in [2.45, 2.75) is 0 Å². The second-order valence-electron chi connectivity index (χ2n) is 11.2. The van der Waals surface area contributed by atoms with E-state index in [2.05, 4.69) is 127 Å². The number of aromatic nitrogens is 3. The van der Waals surface area contributed by atoms with Crippen molar-refractivity contribution in [3.05, 3.63) is 152 Å². The van der Waals surface area contributed by atoms with E-state index in [1.54, 1.807) is 11.3 Å². The van der Waals surface area contributed by atoms with Crippen molar-refractivity contribution in [1.82, 2.24) is 15.0 Å². The Kier molecular flexibility index (Phi) is 6.00. The molecular formula is C41H25N3S. The predicted octanol–water partition coefficient (Wildman–Crippen LogP) is 11.2. The maximum atomic E-state index is 5.23. The van der Waals surface area contributed by atoms with Gasteiger partial charge in [-0.1, -0.05) is 133 Å². The van der Waals surface area contributed by atoms with Crippen molar-refractivity contribution in [3.8, 4) is 45.0 Å². The molecule has 0 spiro atoms. The molecule has 45 heavy (non-hydrogen) atoms. The fraction of sp³-hybridized carbons (Fsp3) is 0. The highest BCUT2D eigenvalue weighted by atomic mass is 32.1. The maximum Gasteiger partial charge on any atom is 0.160 e. The largest absolute Gasteiger partial charge is 0.247 e. The van der Waals surface area contributed by atoms with E-state index >= 15 is 0 Å². The van der Waals surface area contributed by atoms with Gasteiger partial charge in [-0.15, -0.1) is 11.3 Å². The van der Waals surface area contributed by atoms with Crippen LogP contribution in [0.4, 0.5) is 0 Å². The zero-order chi connectivity index (χ0) is 29.7. The lowest BCUT2D eigenvalue weighted by Crippen LogP contribution is -1.94. The van der Waals surface area contributed by atoms with Crippen LogP contribution in [0.25, 0.3) is 87.0 Å². The number of fused-ring (bicyclic) bond motifs is 6. The molecule has 4 heteroatoms. The zero-order valence-electron chi connectivity index (χ0n) is 24.2. The van der Waals surface area contributed by atoms with E-state index in [9.17, 15) is 0 Å². The number of hydrogen-bond donors (Lipinski definition) is 0. The summed E-state index contributed by atoms with van der Waals surface area (Å²) in [6.45, 7) is 0. The molecule has 0 aliphatic heterocycles. The summed E-state index contributed by atoms with van der Waals surface area (Å²) < 4.78 is 2.32. The van der Waals surface area contributed by atoms with Gasteiger partial charge in [-0.25, -0.2) is 15.0 Å². The molecule has 3 heterocycles. The Bertz CT molecular complexity index is 2540. The number of hydrogen-bond acceptors (Lipinski definition) is 4. The first-order valence-corrected chi connectivity index (χ1v) is 15.9. The third-order valence-corrected chi connectivity index (χ3v) is 9.64. The van der Waals surface area contributed by atoms with Gasteiger partial charge in [0.1, 0.15) is 0 Å². The highest BCUT2D eigenvalue weighted by Crippen LogP contribution is 2.42. The van der Waals surface area contributed by atoms with E-state index in [4.69, 9.17) is 15.0 Å². The summed E-state index contributed by atoms with van der Waals surface area (Å²) in [7, 11) is 0. The van der Waals surface area contributed by atoms with Crippen molar-refractivity contribution in [2.24, 2.45) is 0 Å². The van der Waals surface area contributed by atoms with Gasteiger partial charge in [0.2, 0.25) is 0 Å². The lowest BCUT2D eigenvalue weighted by molar-refractivity contribution is 1.24. The van der Waals surface area contributed by atoms with E-state index in [1.807, 2.05) is 24.3 Å². The van der Waals surface area contributed by atoms with Crippen LogP contribution in [0.3, 0.4) is 0 Å². The Balaban J connectivity index is 1.31. The van der Waals surface area contributed by atoms with Gasteiger partial charge < -0.3 is 0 Å². The van der Waals surface area contributed by atoms with Gasteiger partial charge in [-0.3, -0.25) is 0 Å². The topological polar surface area (TPSA) is 38.7 Å². The molecule has 0 saturated heterocycles. The molecular weight excluding hydrogens is 567 g/mol. The molecule has 0 radical (unpaired) electrons. The molecule has 3 nitrogen and oxygen atoms in total. The van der Waals surface area contributed by atoms with E-state index in [0.717, 1.165) is 71.4 Å². The Morgan fingerprint density at radius 1 is 0.422 bits per heavy atom. The molecule has 0 amide bonds. The highest BCUT2D eigenvalue weighted by Gasteiger charge is 2.18. The van der Waals surface area contributed by atoms with Crippen LogP contribution in [0.1, 0.15) is 0 Å². The van der Waals surface area contributed by atoms with E-state index in [-0.39, 0.29) is 0 Å². The molecule has 0 bridgehead atoms. The summed E-state index contributed by atoms with van der Waals surface area (Å²) in [5.74, 6) is 0.738. The van der Waals surface area contributed by atoms with E-state index < -0.39 is 0 Å².